The summed E-state index contributed by atoms with van der Waals surface area (Å²) in [6.45, 7) is 1.47. The lowest BCUT2D eigenvalue weighted by Crippen LogP contribution is -2.05. The van der Waals surface area contributed by atoms with E-state index in [1.165, 1.54) is 6.92 Å². The molecule has 25 heavy (non-hydrogen) atoms. The Bertz CT molecular complexity index is 945. The number of carbonyl (C=O) groups is 1. The van der Waals surface area contributed by atoms with E-state index in [2.05, 4.69) is 21.4 Å². The van der Waals surface area contributed by atoms with Crippen LogP contribution in [0.25, 0.3) is 22.6 Å². The molecule has 5 heteroatoms. The van der Waals surface area contributed by atoms with E-state index in [1.807, 2.05) is 60.7 Å². The molecule has 1 heterocycles. The molecule has 0 spiro atoms. The predicted octanol–water partition coefficient (Wildman–Crippen LogP) is 3.84. The van der Waals surface area contributed by atoms with Crippen molar-refractivity contribution in [2.75, 3.05) is 5.32 Å². The molecule has 0 bridgehead atoms. The molecule has 0 saturated heterocycles. The van der Waals surface area contributed by atoms with Gasteiger partial charge in [0, 0.05) is 23.7 Å². The van der Waals surface area contributed by atoms with Crippen molar-refractivity contribution < 1.29 is 4.79 Å². The fourth-order valence-corrected chi connectivity index (χ4v) is 2.49. The number of amides is 1. The summed E-state index contributed by atoms with van der Waals surface area (Å²) in [6.07, 6.45) is 0.209. The normalized spacial score (nSPS) is 10.1. The molecular weight excluding hydrogens is 312 g/mol. The lowest BCUT2D eigenvalue weighted by molar-refractivity contribution is -0.114. The molecule has 0 aliphatic carbocycles. The van der Waals surface area contributed by atoms with Gasteiger partial charge in [-0.25, -0.2) is 9.97 Å². The van der Waals surface area contributed by atoms with Crippen LogP contribution in [0.4, 0.5) is 5.69 Å². The van der Waals surface area contributed by atoms with Crippen molar-refractivity contribution in [3.63, 3.8) is 0 Å². The highest BCUT2D eigenvalue weighted by Crippen LogP contribution is 2.25. The third kappa shape index (κ3) is 4.06. The maximum Gasteiger partial charge on any atom is 0.221 e. The topological polar surface area (TPSA) is 78.7 Å². The Morgan fingerprint density at radius 2 is 1.80 bits per heavy atom. The van der Waals surface area contributed by atoms with Gasteiger partial charge in [-0.1, -0.05) is 42.5 Å². The number of rotatable bonds is 4. The molecule has 0 aliphatic heterocycles. The summed E-state index contributed by atoms with van der Waals surface area (Å²) < 4.78 is 0. The Morgan fingerprint density at radius 1 is 1.04 bits per heavy atom. The molecule has 2 aromatic carbocycles. The van der Waals surface area contributed by atoms with Crippen LogP contribution in [0.15, 0.2) is 60.7 Å². The molecule has 1 aromatic heterocycles. The van der Waals surface area contributed by atoms with Gasteiger partial charge in [0.2, 0.25) is 5.91 Å². The van der Waals surface area contributed by atoms with Crippen LogP contribution in [0.1, 0.15) is 12.6 Å². The molecule has 0 saturated carbocycles. The van der Waals surface area contributed by atoms with Gasteiger partial charge in [-0.2, -0.15) is 5.26 Å². The summed E-state index contributed by atoms with van der Waals surface area (Å²) in [7, 11) is 0. The minimum atomic E-state index is -0.130. The largest absolute Gasteiger partial charge is 0.326 e. The van der Waals surface area contributed by atoms with E-state index in [9.17, 15) is 4.79 Å². The van der Waals surface area contributed by atoms with E-state index >= 15 is 0 Å². The van der Waals surface area contributed by atoms with Crippen LogP contribution in [0.3, 0.4) is 0 Å². The van der Waals surface area contributed by atoms with Crippen molar-refractivity contribution >= 4 is 11.6 Å². The lowest BCUT2D eigenvalue weighted by Gasteiger charge is -2.09. The molecule has 3 rings (SSSR count). The molecule has 0 fully saturated rings. The minimum absolute atomic E-state index is 0.130. The van der Waals surface area contributed by atoms with Crippen molar-refractivity contribution in [2.45, 2.75) is 13.3 Å². The van der Waals surface area contributed by atoms with E-state index in [4.69, 9.17) is 5.26 Å². The van der Waals surface area contributed by atoms with Crippen LogP contribution in [-0.2, 0) is 11.2 Å². The third-order valence-corrected chi connectivity index (χ3v) is 3.55. The summed E-state index contributed by atoms with van der Waals surface area (Å²) in [5.74, 6) is 0.447. The van der Waals surface area contributed by atoms with Crippen molar-refractivity contribution in [3.05, 3.63) is 66.4 Å². The summed E-state index contributed by atoms with van der Waals surface area (Å²) in [4.78, 5) is 20.4. The smallest absolute Gasteiger partial charge is 0.221 e. The third-order valence-electron chi connectivity index (χ3n) is 3.55. The number of hydrogen-bond donors (Lipinski definition) is 1. The molecule has 0 unspecified atom stereocenters. The molecular formula is C20H16N4O. The summed E-state index contributed by atoms with van der Waals surface area (Å²) >= 11 is 0. The van der Waals surface area contributed by atoms with Crippen molar-refractivity contribution in [1.29, 1.82) is 5.26 Å². The van der Waals surface area contributed by atoms with E-state index < -0.39 is 0 Å². The quantitative estimate of drug-likeness (QED) is 0.789. The van der Waals surface area contributed by atoms with Crippen LogP contribution < -0.4 is 5.32 Å². The molecule has 0 radical (unpaired) electrons. The molecule has 122 valence electrons. The highest BCUT2D eigenvalue weighted by Gasteiger charge is 2.09. The number of anilines is 1. The van der Waals surface area contributed by atoms with Gasteiger partial charge in [0.15, 0.2) is 5.82 Å². The van der Waals surface area contributed by atoms with E-state index in [0.29, 0.717) is 22.9 Å². The fourth-order valence-electron chi connectivity index (χ4n) is 2.49. The first-order valence-electron chi connectivity index (χ1n) is 7.84. The van der Waals surface area contributed by atoms with E-state index in [-0.39, 0.29) is 12.3 Å². The molecule has 0 aliphatic rings. The number of nitrogens with one attached hydrogen (secondary N) is 1. The number of nitrogens with zero attached hydrogens (tertiary/aromatic N) is 3. The number of nitriles is 1. The average molecular weight is 328 g/mol. The Hall–Kier alpha value is -3.52. The van der Waals surface area contributed by atoms with Gasteiger partial charge >= 0.3 is 0 Å². The lowest BCUT2D eigenvalue weighted by atomic mass is 10.1. The van der Waals surface area contributed by atoms with Crippen LogP contribution in [0, 0.1) is 11.3 Å². The zero-order valence-corrected chi connectivity index (χ0v) is 13.7. The Balaban J connectivity index is 2.08. The second-order valence-corrected chi connectivity index (χ2v) is 5.53. The summed E-state index contributed by atoms with van der Waals surface area (Å²) in [6, 6.07) is 21.0. The zero-order chi connectivity index (χ0) is 17.6. The average Bonchev–Trinajstić information content (AvgIpc) is 2.62. The number of carbonyl (C=O) groups excluding carboxylic acids is 1. The first kappa shape index (κ1) is 16.3. The van der Waals surface area contributed by atoms with Gasteiger partial charge in [-0.3, -0.25) is 4.79 Å². The van der Waals surface area contributed by atoms with Gasteiger partial charge in [0.1, 0.15) is 0 Å². The first-order valence-corrected chi connectivity index (χ1v) is 7.84. The Morgan fingerprint density at radius 3 is 2.52 bits per heavy atom. The highest BCUT2D eigenvalue weighted by atomic mass is 16.1. The zero-order valence-electron chi connectivity index (χ0n) is 13.7. The molecule has 1 N–H and O–H groups in total. The summed E-state index contributed by atoms with van der Waals surface area (Å²) in [5, 5.41) is 11.8. The van der Waals surface area contributed by atoms with Gasteiger partial charge in [0.25, 0.3) is 0 Å². The number of benzene rings is 2. The first-order chi connectivity index (χ1) is 12.2. The maximum atomic E-state index is 11.3. The molecule has 1 amide bonds. The second-order valence-electron chi connectivity index (χ2n) is 5.53. The van der Waals surface area contributed by atoms with E-state index in [1.54, 1.807) is 0 Å². The number of hydrogen-bond acceptors (Lipinski definition) is 4. The van der Waals surface area contributed by atoms with Crippen LogP contribution in [0.2, 0.25) is 0 Å². The molecule has 0 atom stereocenters. The van der Waals surface area contributed by atoms with Crippen molar-refractivity contribution in [2.24, 2.45) is 0 Å². The van der Waals surface area contributed by atoms with Crippen LogP contribution in [-0.4, -0.2) is 15.9 Å². The maximum absolute atomic E-state index is 11.3. The van der Waals surface area contributed by atoms with Gasteiger partial charge in [-0.15, -0.1) is 0 Å². The highest BCUT2D eigenvalue weighted by molar-refractivity contribution is 5.89. The minimum Gasteiger partial charge on any atom is -0.326 e. The Kier molecular flexibility index (Phi) is 4.82. The van der Waals surface area contributed by atoms with Gasteiger partial charge < -0.3 is 5.32 Å². The second kappa shape index (κ2) is 7.37. The predicted molar refractivity (Wildman–Crippen MR) is 96.5 cm³/mol. The van der Waals surface area contributed by atoms with Crippen molar-refractivity contribution in [3.8, 4) is 28.7 Å². The standard InChI is InChI=1S/C20H16N4O/c1-14(25)22-17-9-5-8-16(12-17)19-13-18(10-11-21)23-20(24-19)15-6-3-2-4-7-15/h2-9,12-13H,10H2,1H3,(H,22,25). The molecule has 5 nitrogen and oxygen atoms in total. The molecule has 3 aromatic rings. The Labute approximate surface area is 146 Å². The fraction of sp³-hybridized carbons (Fsp3) is 0.100. The van der Waals surface area contributed by atoms with Gasteiger partial charge in [-0.05, 0) is 18.2 Å². The van der Waals surface area contributed by atoms with Gasteiger partial charge in [0.05, 0.1) is 23.9 Å². The SMILES string of the molecule is CC(=O)Nc1cccc(-c2cc(CC#N)nc(-c3ccccc3)n2)c1. The van der Waals surface area contributed by atoms with Crippen molar-refractivity contribution in [1.82, 2.24) is 9.97 Å². The summed E-state index contributed by atoms with van der Waals surface area (Å²) in [5.41, 5.74) is 3.82. The monoisotopic (exact) mass is 328 g/mol. The number of aromatic nitrogens is 2. The van der Waals surface area contributed by atoms with E-state index in [0.717, 1.165) is 11.1 Å². The van der Waals surface area contributed by atoms with Crippen LogP contribution >= 0.6 is 0 Å². The van der Waals surface area contributed by atoms with Crippen LogP contribution in [0.5, 0.6) is 0 Å².